The molecule has 0 aliphatic rings. The quantitative estimate of drug-likeness (QED) is 0.725. The fourth-order valence-corrected chi connectivity index (χ4v) is 1.63. The summed E-state index contributed by atoms with van der Waals surface area (Å²) in [5.74, 6) is 6.66. The molecule has 0 fully saturated rings. The molecule has 2 N–H and O–H groups in total. The molecule has 2 rings (SSSR count). The van der Waals surface area contributed by atoms with Crippen LogP contribution < -0.4 is 5.73 Å². The number of aromatic nitrogens is 3. The van der Waals surface area contributed by atoms with E-state index in [-0.39, 0.29) is 0 Å². The maximum absolute atomic E-state index is 5.82. The molecule has 0 amide bonds. The highest BCUT2D eigenvalue weighted by atomic mass is 15.3. The molecule has 0 saturated carbocycles. The Bertz CT molecular complexity index is 600. The van der Waals surface area contributed by atoms with E-state index in [1.54, 1.807) is 4.52 Å². The van der Waals surface area contributed by atoms with E-state index in [1.807, 2.05) is 32.0 Å². The van der Waals surface area contributed by atoms with Crippen LogP contribution in [-0.2, 0) is 0 Å². The van der Waals surface area contributed by atoms with Crippen LogP contribution in [0.1, 0.15) is 11.3 Å². The number of rotatable bonds is 1. The van der Waals surface area contributed by atoms with E-state index >= 15 is 0 Å². The van der Waals surface area contributed by atoms with Gasteiger partial charge in [-0.1, -0.05) is 5.92 Å². The predicted octanol–water partition coefficient (Wildman–Crippen LogP) is 0.533. The van der Waals surface area contributed by atoms with Crippen LogP contribution in [0.3, 0.4) is 0 Å². The third-order valence-corrected chi connectivity index (χ3v) is 2.39. The van der Waals surface area contributed by atoms with Gasteiger partial charge in [0.2, 0.25) is 0 Å². The minimum atomic E-state index is 0.484. The van der Waals surface area contributed by atoms with Crippen LogP contribution in [0.2, 0.25) is 0 Å². The van der Waals surface area contributed by atoms with E-state index in [0.717, 1.165) is 16.8 Å². The number of aryl methyl sites for hydroxylation is 1. The highest BCUT2D eigenvalue weighted by molar-refractivity contribution is 5.71. The summed E-state index contributed by atoms with van der Waals surface area (Å²) >= 11 is 0. The van der Waals surface area contributed by atoms with Crippen LogP contribution >= 0.6 is 0 Å². The van der Waals surface area contributed by atoms with Crippen LogP contribution in [0, 0.1) is 18.8 Å². The summed E-state index contributed by atoms with van der Waals surface area (Å²) in [6.07, 6.45) is 1.44. The van der Waals surface area contributed by atoms with E-state index in [1.165, 1.54) is 6.33 Å². The second kappa shape index (κ2) is 4.44. The SMILES string of the molecule is Cc1cc(C#CCN(C)C)n2ncnc(N)c12. The highest BCUT2D eigenvalue weighted by Crippen LogP contribution is 2.18. The Labute approximate surface area is 100 Å². The number of hydrogen-bond acceptors (Lipinski definition) is 4. The van der Waals surface area contributed by atoms with Gasteiger partial charge < -0.3 is 5.73 Å². The van der Waals surface area contributed by atoms with Crippen molar-refractivity contribution in [1.29, 1.82) is 0 Å². The molecule has 0 unspecified atom stereocenters. The van der Waals surface area contributed by atoms with Crippen molar-refractivity contribution in [2.75, 3.05) is 26.4 Å². The van der Waals surface area contributed by atoms with Gasteiger partial charge in [-0.2, -0.15) is 5.10 Å². The molecule has 5 nitrogen and oxygen atoms in total. The van der Waals surface area contributed by atoms with Gasteiger partial charge in [0, 0.05) is 0 Å². The molecule has 0 aliphatic heterocycles. The number of nitrogens with zero attached hydrogens (tertiary/aromatic N) is 4. The lowest BCUT2D eigenvalue weighted by atomic mass is 10.3. The lowest BCUT2D eigenvalue weighted by Gasteiger charge is -2.01. The van der Waals surface area contributed by atoms with Gasteiger partial charge in [0.25, 0.3) is 0 Å². The molecule has 0 aliphatic carbocycles. The topological polar surface area (TPSA) is 59.5 Å². The van der Waals surface area contributed by atoms with Gasteiger partial charge in [0.05, 0.1) is 6.54 Å². The zero-order valence-electron chi connectivity index (χ0n) is 10.2. The number of hydrogen-bond donors (Lipinski definition) is 1. The van der Waals surface area contributed by atoms with Crippen molar-refractivity contribution >= 4 is 11.3 Å². The number of nitrogen functional groups attached to an aromatic ring is 1. The Morgan fingerprint density at radius 1 is 1.47 bits per heavy atom. The molecule has 0 saturated heterocycles. The smallest absolute Gasteiger partial charge is 0.151 e. The maximum Gasteiger partial charge on any atom is 0.151 e. The predicted molar refractivity (Wildman–Crippen MR) is 67.6 cm³/mol. The van der Waals surface area contributed by atoms with Gasteiger partial charge in [-0.25, -0.2) is 9.50 Å². The lowest BCUT2D eigenvalue weighted by Crippen LogP contribution is -2.10. The minimum absolute atomic E-state index is 0.484. The third-order valence-electron chi connectivity index (χ3n) is 2.39. The Morgan fingerprint density at radius 3 is 2.94 bits per heavy atom. The maximum atomic E-state index is 5.82. The number of fused-ring (bicyclic) bond motifs is 1. The van der Waals surface area contributed by atoms with Crippen LogP contribution in [0.25, 0.3) is 5.52 Å². The average molecular weight is 229 g/mol. The summed E-state index contributed by atoms with van der Waals surface area (Å²) in [5.41, 5.74) is 8.53. The van der Waals surface area contributed by atoms with E-state index in [0.29, 0.717) is 12.4 Å². The molecule has 2 aromatic heterocycles. The standard InChI is InChI=1S/C12H15N5/c1-9-7-10(5-4-6-16(2)3)17-11(9)12(13)14-8-15-17/h7-8H,6H2,1-3H3,(H2,13,14,15). The fraction of sp³-hybridized carbons (Fsp3) is 0.333. The zero-order chi connectivity index (χ0) is 12.4. The van der Waals surface area contributed by atoms with Gasteiger partial charge in [-0.05, 0) is 38.6 Å². The van der Waals surface area contributed by atoms with Gasteiger partial charge in [0.1, 0.15) is 17.5 Å². The molecule has 0 radical (unpaired) electrons. The van der Waals surface area contributed by atoms with Crippen molar-refractivity contribution in [2.45, 2.75) is 6.92 Å². The molecule has 17 heavy (non-hydrogen) atoms. The lowest BCUT2D eigenvalue weighted by molar-refractivity contribution is 0.464. The summed E-state index contributed by atoms with van der Waals surface area (Å²) in [7, 11) is 3.96. The van der Waals surface area contributed by atoms with E-state index < -0.39 is 0 Å². The largest absolute Gasteiger partial charge is 0.382 e. The summed E-state index contributed by atoms with van der Waals surface area (Å²) in [4.78, 5) is 5.99. The fourth-order valence-electron chi connectivity index (χ4n) is 1.63. The minimum Gasteiger partial charge on any atom is -0.382 e. The molecular weight excluding hydrogens is 214 g/mol. The first-order chi connectivity index (χ1) is 8.09. The summed E-state index contributed by atoms with van der Waals surface area (Å²) in [6.45, 7) is 2.69. The van der Waals surface area contributed by atoms with Crippen molar-refractivity contribution in [2.24, 2.45) is 0 Å². The first-order valence-electron chi connectivity index (χ1n) is 5.32. The van der Waals surface area contributed by atoms with Crippen molar-refractivity contribution < 1.29 is 0 Å². The van der Waals surface area contributed by atoms with E-state index in [9.17, 15) is 0 Å². The van der Waals surface area contributed by atoms with E-state index in [4.69, 9.17) is 5.73 Å². The van der Waals surface area contributed by atoms with Crippen molar-refractivity contribution in [3.63, 3.8) is 0 Å². The molecule has 0 bridgehead atoms. The van der Waals surface area contributed by atoms with Gasteiger partial charge >= 0.3 is 0 Å². The molecule has 2 aromatic rings. The van der Waals surface area contributed by atoms with Crippen LogP contribution in [0.15, 0.2) is 12.4 Å². The molecule has 88 valence electrons. The van der Waals surface area contributed by atoms with E-state index in [2.05, 4.69) is 21.9 Å². The average Bonchev–Trinajstić information content (AvgIpc) is 2.57. The normalized spacial score (nSPS) is 10.6. The summed E-state index contributed by atoms with van der Waals surface area (Å²) in [6, 6.07) is 1.98. The highest BCUT2D eigenvalue weighted by Gasteiger charge is 2.08. The molecule has 0 spiro atoms. The van der Waals surface area contributed by atoms with Crippen molar-refractivity contribution in [3.8, 4) is 11.8 Å². The van der Waals surface area contributed by atoms with Gasteiger partial charge in [-0.3, -0.25) is 4.90 Å². The second-order valence-corrected chi connectivity index (χ2v) is 4.16. The van der Waals surface area contributed by atoms with Crippen molar-refractivity contribution in [3.05, 3.63) is 23.7 Å². The van der Waals surface area contributed by atoms with Crippen LogP contribution in [0.5, 0.6) is 0 Å². The van der Waals surface area contributed by atoms with Crippen LogP contribution in [-0.4, -0.2) is 40.1 Å². The van der Waals surface area contributed by atoms with Gasteiger partial charge in [0.15, 0.2) is 5.82 Å². The summed E-state index contributed by atoms with van der Waals surface area (Å²) in [5, 5.41) is 4.17. The Balaban J connectivity index is 2.48. The molecule has 5 heteroatoms. The Kier molecular flexibility index (Phi) is 2.98. The second-order valence-electron chi connectivity index (χ2n) is 4.16. The molecule has 2 heterocycles. The first kappa shape index (κ1) is 11.4. The molecule has 0 atom stereocenters. The third kappa shape index (κ3) is 2.22. The van der Waals surface area contributed by atoms with Crippen molar-refractivity contribution in [1.82, 2.24) is 19.5 Å². The molecule has 0 aromatic carbocycles. The zero-order valence-corrected chi connectivity index (χ0v) is 10.2. The Hall–Kier alpha value is -2.06. The summed E-state index contributed by atoms with van der Waals surface area (Å²) < 4.78 is 1.74. The number of nitrogens with two attached hydrogens (primary N) is 1. The van der Waals surface area contributed by atoms with Gasteiger partial charge in [-0.15, -0.1) is 0 Å². The monoisotopic (exact) mass is 229 g/mol. The number of anilines is 1. The first-order valence-corrected chi connectivity index (χ1v) is 5.32. The Morgan fingerprint density at radius 2 is 2.24 bits per heavy atom. The molecular formula is C12H15N5. The van der Waals surface area contributed by atoms with Crippen LogP contribution in [0.4, 0.5) is 5.82 Å².